The van der Waals surface area contributed by atoms with Gasteiger partial charge in [-0.25, -0.2) is 9.97 Å². The van der Waals surface area contributed by atoms with Gasteiger partial charge in [0.1, 0.15) is 5.82 Å². The number of fused-ring (bicyclic) bond motifs is 1. The summed E-state index contributed by atoms with van der Waals surface area (Å²) in [5.41, 5.74) is 3.01. The number of aromatic amines is 1. The van der Waals surface area contributed by atoms with Crippen molar-refractivity contribution in [3.63, 3.8) is 0 Å². The lowest BCUT2D eigenvalue weighted by atomic mass is 10.1. The van der Waals surface area contributed by atoms with E-state index >= 15 is 0 Å². The zero-order chi connectivity index (χ0) is 16.4. The molecule has 1 aliphatic heterocycles. The van der Waals surface area contributed by atoms with E-state index < -0.39 is 0 Å². The maximum atomic E-state index is 5.44. The molecule has 24 heavy (non-hydrogen) atoms. The van der Waals surface area contributed by atoms with Crippen LogP contribution in [0.25, 0.3) is 22.3 Å². The van der Waals surface area contributed by atoms with E-state index in [0.717, 1.165) is 60.1 Å². The van der Waals surface area contributed by atoms with Gasteiger partial charge in [-0.15, -0.1) is 0 Å². The standard InChI is InChI=1S/C18H20N4O2/c1-23-12-15-11-17(22-6-8-24-9-7-22)21-18(20-15)14-2-3-16-13(10-14)4-5-19-16/h2-5,10-11,19H,6-9,12H2,1H3. The van der Waals surface area contributed by atoms with Gasteiger partial charge in [0, 0.05) is 48.9 Å². The molecule has 1 aromatic carbocycles. The Kier molecular flexibility index (Phi) is 4.15. The van der Waals surface area contributed by atoms with Crippen LogP contribution in [-0.4, -0.2) is 48.4 Å². The number of anilines is 1. The van der Waals surface area contributed by atoms with E-state index in [0.29, 0.717) is 6.61 Å². The molecule has 3 aromatic rings. The monoisotopic (exact) mass is 324 g/mol. The molecule has 6 nitrogen and oxygen atoms in total. The summed E-state index contributed by atoms with van der Waals surface area (Å²) < 4.78 is 10.7. The number of rotatable bonds is 4. The number of hydrogen-bond donors (Lipinski definition) is 1. The lowest BCUT2D eigenvalue weighted by Gasteiger charge is -2.28. The first-order valence-electron chi connectivity index (χ1n) is 8.10. The number of nitrogens with zero attached hydrogens (tertiary/aromatic N) is 3. The van der Waals surface area contributed by atoms with Crippen molar-refractivity contribution in [1.82, 2.24) is 15.0 Å². The summed E-state index contributed by atoms with van der Waals surface area (Å²) in [5, 5.41) is 1.15. The van der Waals surface area contributed by atoms with Crippen molar-refractivity contribution in [2.75, 3.05) is 38.3 Å². The number of aromatic nitrogens is 3. The minimum absolute atomic E-state index is 0.471. The number of hydrogen-bond acceptors (Lipinski definition) is 5. The van der Waals surface area contributed by atoms with Crippen LogP contribution in [0.1, 0.15) is 5.69 Å². The average molecular weight is 324 g/mol. The normalized spacial score (nSPS) is 15.1. The quantitative estimate of drug-likeness (QED) is 0.799. The zero-order valence-electron chi connectivity index (χ0n) is 13.7. The molecule has 1 aliphatic rings. The number of methoxy groups -OCH3 is 1. The molecule has 0 aliphatic carbocycles. The molecule has 0 amide bonds. The Morgan fingerprint density at radius 3 is 2.88 bits per heavy atom. The van der Waals surface area contributed by atoms with Crippen LogP contribution in [0, 0.1) is 0 Å². The minimum Gasteiger partial charge on any atom is -0.378 e. The first-order chi connectivity index (χ1) is 11.8. The van der Waals surface area contributed by atoms with Crippen molar-refractivity contribution in [2.24, 2.45) is 0 Å². The number of H-pyrrole nitrogens is 1. The maximum absolute atomic E-state index is 5.44. The van der Waals surface area contributed by atoms with E-state index in [1.54, 1.807) is 7.11 Å². The van der Waals surface area contributed by atoms with Crippen LogP contribution < -0.4 is 4.90 Å². The van der Waals surface area contributed by atoms with Crippen LogP contribution >= 0.6 is 0 Å². The van der Waals surface area contributed by atoms with Crippen LogP contribution in [0.2, 0.25) is 0 Å². The Morgan fingerprint density at radius 2 is 2.04 bits per heavy atom. The molecule has 4 rings (SSSR count). The van der Waals surface area contributed by atoms with Crippen LogP contribution in [0.5, 0.6) is 0 Å². The third-order valence-corrected chi connectivity index (χ3v) is 4.20. The second kappa shape index (κ2) is 6.59. The summed E-state index contributed by atoms with van der Waals surface area (Å²) in [7, 11) is 1.68. The van der Waals surface area contributed by atoms with Crippen molar-refractivity contribution in [3.8, 4) is 11.4 Å². The second-order valence-electron chi connectivity index (χ2n) is 5.85. The molecule has 0 spiro atoms. The van der Waals surface area contributed by atoms with Crippen molar-refractivity contribution >= 4 is 16.7 Å². The Bertz CT molecular complexity index is 840. The van der Waals surface area contributed by atoms with Crippen molar-refractivity contribution in [2.45, 2.75) is 6.61 Å². The Labute approximate surface area is 140 Å². The SMILES string of the molecule is COCc1cc(N2CCOCC2)nc(-c2ccc3[nH]ccc3c2)n1. The Balaban J connectivity index is 1.76. The summed E-state index contributed by atoms with van der Waals surface area (Å²) >= 11 is 0. The van der Waals surface area contributed by atoms with E-state index in [1.165, 1.54) is 0 Å². The van der Waals surface area contributed by atoms with Crippen molar-refractivity contribution < 1.29 is 9.47 Å². The topological polar surface area (TPSA) is 63.3 Å². The zero-order valence-corrected chi connectivity index (χ0v) is 13.7. The lowest BCUT2D eigenvalue weighted by molar-refractivity contribution is 0.122. The molecule has 124 valence electrons. The number of ether oxygens (including phenoxy) is 2. The molecule has 0 radical (unpaired) electrons. The van der Waals surface area contributed by atoms with E-state index in [2.05, 4.69) is 33.1 Å². The minimum atomic E-state index is 0.471. The van der Waals surface area contributed by atoms with Gasteiger partial charge in [0.05, 0.1) is 25.5 Å². The fourth-order valence-electron chi connectivity index (χ4n) is 2.98. The largest absolute Gasteiger partial charge is 0.378 e. The molecule has 1 fully saturated rings. The number of benzene rings is 1. The Morgan fingerprint density at radius 1 is 1.17 bits per heavy atom. The van der Waals surface area contributed by atoms with Gasteiger partial charge in [0.25, 0.3) is 0 Å². The molecule has 0 saturated carbocycles. The van der Waals surface area contributed by atoms with Gasteiger partial charge < -0.3 is 19.4 Å². The highest BCUT2D eigenvalue weighted by Gasteiger charge is 2.16. The van der Waals surface area contributed by atoms with Gasteiger partial charge in [-0.3, -0.25) is 0 Å². The first kappa shape index (κ1) is 15.1. The summed E-state index contributed by atoms with van der Waals surface area (Å²) in [4.78, 5) is 14.9. The van der Waals surface area contributed by atoms with Gasteiger partial charge in [-0.05, 0) is 24.3 Å². The molecule has 1 N–H and O–H groups in total. The summed E-state index contributed by atoms with van der Waals surface area (Å²) in [6.07, 6.45) is 1.94. The Hall–Kier alpha value is -2.44. The third-order valence-electron chi connectivity index (χ3n) is 4.20. The average Bonchev–Trinajstić information content (AvgIpc) is 3.10. The van der Waals surface area contributed by atoms with Gasteiger partial charge in [0.2, 0.25) is 0 Å². The van der Waals surface area contributed by atoms with E-state index in [1.807, 2.05) is 18.3 Å². The number of nitrogens with one attached hydrogen (secondary N) is 1. The predicted octanol–water partition coefficient (Wildman–Crippen LogP) is 2.61. The van der Waals surface area contributed by atoms with Gasteiger partial charge in [-0.2, -0.15) is 0 Å². The molecular weight excluding hydrogens is 304 g/mol. The molecule has 3 heterocycles. The molecule has 0 bridgehead atoms. The highest BCUT2D eigenvalue weighted by Crippen LogP contribution is 2.24. The lowest BCUT2D eigenvalue weighted by Crippen LogP contribution is -2.37. The van der Waals surface area contributed by atoms with Crippen LogP contribution in [0.15, 0.2) is 36.5 Å². The van der Waals surface area contributed by atoms with Crippen LogP contribution in [-0.2, 0) is 16.1 Å². The second-order valence-corrected chi connectivity index (χ2v) is 5.85. The van der Waals surface area contributed by atoms with Crippen molar-refractivity contribution in [3.05, 3.63) is 42.2 Å². The number of morpholine rings is 1. The molecule has 0 atom stereocenters. The summed E-state index contributed by atoms with van der Waals surface area (Å²) in [6.45, 7) is 3.63. The highest BCUT2D eigenvalue weighted by atomic mass is 16.5. The fraction of sp³-hybridized carbons (Fsp3) is 0.333. The van der Waals surface area contributed by atoms with Crippen molar-refractivity contribution in [1.29, 1.82) is 0 Å². The van der Waals surface area contributed by atoms with Gasteiger partial charge in [0.15, 0.2) is 5.82 Å². The maximum Gasteiger partial charge on any atom is 0.161 e. The van der Waals surface area contributed by atoms with Gasteiger partial charge >= 0.3 is 0 Å². The highest BCUT2D eigenvalue weighted by molar-refractivity contribution is 5.84. The summed E-state index contributed by atoms with van der Waals surface area (Å²) in [5.74, 6) is 1.67. The van der Waals surface area contributed by atoms with Crippen LogP contribution in [0.3, 0.4) is 0 Å². The van der Waals surface area contributed by atoms with E-state index in [4.69, 9.17) is 14.5 Å². The third kappa shape index (κ3) is 2.98. The summed E-state index contributed by atoms with van der Waals surface area (Å²) in [6, 6.07) is 10.3. The molecule has 6 heteroatoms. The molecule has 1 saturated heterocycles. The first-order valence-corrected chi connectivity index (χ1v) is 8.10. The van der Waals surface area contributed by atoms with E-state index in [9.17, 15) is 0 Å². The van der Waals surface area contributed by atoms with E-state index in [-0.39, 0.29) is 0 Å². The predicted molar refractivity (Wildman–Crippen MR) is 93.1 cm³/mol. The molecular formula is C18H20N4O2. The molecule has 2 aromatic heterocycles. The molecule has 0 unspecified atom stereocenters. The fourth-order valence-corrected chi connectivity index (χ4v) is 2.98. The van der Waals surface area contributed by atoms with Gasteiger partial charge in [-0.1, -0.05) is 0 Å². The van der Waals surface area contributed by atoms with Crippen LogP contribution in [0.4, 0.5) is 5.82 Å². The smallest absolute Gasteiger partial charge is 0.161 e.